The minimum absolute atomic E-state index is 0.562. The molecule has 0 radical (unpaired) electrons. The molecular formula is C15H31N. The van der Waals surface area contributed by atoms with Crippen LogP contribution in [-0.4, -0.2) is 24.0 Å². The second-order valence-electron chi connectivity index (χ2n) is 6.01. The van der Waals surface area contributed by atoms with E-state index in [1.54, 1.807) is 0 Å². The molecule has 0 N–H and O–H groups in total. The normalized spacial score (nSPS) is 16.2. The first-order valence-electron chi connectivity index (χ1n) is 6.60. The van der Waals surface area contributed by atoms with Crippen molar-refractivity contribution in [2.45, 2.75) is 60.5 Å². The third-order valence-corrected chi connectivity index (χ3v) is 3.81. The van der Waals surface area contributed by atoms with E-state index in [4.69, 9.17) is 0 Å². The molecule has 0 rings (SSSR count). The van der Waals surface area contributed by atoms with Crippen LogP contribution in [0.2, 0.25) is 0 Å². The molecule has 0 aromatic heterocycles. The van der Waals surface area contributed by atoms with Gasteiger partial charge in [-0.1, -0.05) is 46.8 Å². The van der Waals surface area contributed by atoms with E-state index in [1.807, 2.05) is 0 Å². The smallest absolute Gasteiger partial charge is 0.0181 e. The molecule has 1 heteroatoms. The molecule has 96 valence electrons. The zero-order valence-electron chi connectivity index (χ0n) is 12.5. The Labute approximate surface area is 103 Å². The van der Waals surface area contributed by atoms with Gasteiger partial charge in [0.15, 0.2) is 0 Å². The van der Waals surface area contributed by atoms with Crippen LogP contribution in [0.4, 0.5) is 0 Å². The highest BCUT2D eigenvalue weighted by molar-refractivity contribution is 5.06. The Hall–Kier alpha value is -0.300. The first kappa shape index (κ1) is 15.7. The highest BCUT2D eigenvalue weighted by Gasteiger charge is 2.28. The standard InChI is InChI=1S/C15H31N/c1-10(2)13(7)14(8)15(11(3)4)16(9)12(5)6/h10-12,14-15H,7H2,1-6,8-9H3. The second kappa shape index (κ2) is 6.44. The van der Waals surface area contributed by atoms with E-state index in [0.717, 1.165) is 0 Å². The predicted molar refractivity (Wildman–Crippen MR) is 74.7 cm³/mol. The minimum Gasteiger partial charge on any atom is -0.300 e. The molecule has 0 amide bonds. The Morgan fingerprint density at radius 1 is 0.938 bits per heavy atom. The van der Waals surface area contributed by atoms with Crippen LogP contribution in [0.3, 0.4) is 0 Å². The molecular weight excluding hydrogens is 194 g/mol. The molecule has 16 heavy (non-hydrogen) atoms. The molecule has 0 aromatic rings. The lowest BCUT2D eigenvalue weighted by molar-refractivity contribution is 0.116. The van der Waals surface area contributed by atoms with Crippen molar-refractivity contribution in [1.82, 2.24) is 4.90 Å². The molecule has 0 aliphatic heterocycles. The molecule has 0 heterocycles. The van der Waals surface area contributed by atoms with Crippen molar-refractivity contribution < 1.29 is 0 Å². The summed E-state index contributed by atoms with van der Waals surface area (Å²) in [5.74, 6) is 1.81. The van der Waals surface area contributed by atoms with E-state index in [-0.39, 0.29) is 0 Å². The average molecular weight is 225 g/mol. The van der Waals surface area contributed by atoms with Gasteiger partial charge >= 0.3 is 0 Å². The second-order valence-corrected chi connectivity index (χ2v) is 6.01. The molecule has 2 atom stereocenters. The molecule has 0 spiro atoms. The number of nitrogens with zero attached hydrogens (tertiary/aromatic N) is 1. The molecule has 0 aliphatic carbocycles. The fraction of sp³-hybridized carbons (Fsp3) is 0.867. The third kappa shape index (κ3) is 3.93. The molecule has 0 saturated carbocycles. The van der Waals surface area contributed by atoms with Crippen molar-refractivity contribution >= 4 is 0 Å². The SMILES string of the molecule is C=C(C(C)C)C(C)C(C(C)C)N(C)C(C)C. The van der Waals surface area contributed by atoms with E-state index in [0.29, 0.717) is 29.8 Å². The van der Waals surface area contributed by atoms with Crippen LogP contribution in [0, 0.1) is 17.8 Å². The highest BCUT2D eigenvalue weighted by atomic mass is 15.2. The van der Waals surface area contributed by atoms with Crippen molar-refractivity contribution in [2.75, 3.05) is 7.05 Å². The topological polar surface area (TPSA) is 3.24 Å². The summed E-state index contributed by atoms with van der Waals surface area (Å²) in [5, 5.41) is 0. The van der Waals surface area contributed by atoms with Crippen LogP contribution in [0.5, 0.6) is 0 Å². The summed E-state index contributed by atoms with van der Waals surface area (Å²) in [6.45, 7) is 20.2. The number of rotatable bonds is 6. The first-order chi connectivity index (χ1) is 7.20. The predicted octanol–water partition coefficient (Wildman–Crippen LogP) is 4.20. The lowest BCUT2D eigenvalue weighted by Crippen LogP contribution is -2.45. The van der Waals surface area contributed by atoms with Gasteiger partial charge in [-0.25, -0.2) is 0 Å². The Morgan fingerprint density at radius 3 is 1.62 bits per heavy atom. The van der Waals surface area contributed by atoms with Gasteiger partial charge < -0.3 is 4.90 Å². The molecule has 0 saturated heterocycles. The average Bonchev–Trinajstić information content (AvgIpc) is 2.15. The van der Waals surface area contributed by atoms with Crippen molar-refractivity contribution in [1.29, 1.82) is 0 Å². The highest BCUT2D eigenvalue weighted by Crippen LogP contribution is 2.28. The third-order valence-electron chi connectivity index (χ3n) is 3.81. The lowest BCUT2D eigenvalue weighted by atomic mass is 9.81. The summed E-state index contributed by atoms with van der Waals surface area (Å²) in [7, 11) is 2.24. The summed E-state index contributed by atoms with van der Waals surface area (Å²) in [6.07, 6.45) is 0. The Bertz CT molecular complexity index is 215. The van der Waals surface area contributed by atoms with Gasteiger partial charge in [0.25, 0.3) is 0 Å². The summed E-state index contributed by atoms with van der Waals surface area (Å²) in [6, 6.07) is 1.18. The van der Waals surface area contributed by atoms with E-state index < -0.39 is 0 Å². The maximum absolute atomic E-state index is 4.27. The monoisotopic (exact) mass is 225 g/mol. The summed E-state index contributed by atoms with van der Waals surface area (Å²) in [4.78, 5) is 2.49. The quantitative estimate of drug-likeness (QED) is 0.612. The van der Waals surface area contributed by atoms with Crippen LogP contribution < -0.4 is 0 Å². The van der Waals surface area contributed by atoms with Gasteiger partial charge in [0.1, 0.15) is 0 Å². The van der Waals surface area contributed by atoms with Crippen LogP contribution in [0.1, 0.15) is 48.5 Å². The van der Waals surface area contributed by atoms with Gasteiger partial charge in [0.2, 0.25) is 0 Å². The maximum atomic E-state index is 4.27. The van der Waals surface area contributed by atoms with Crippen molar-refractivity contribution in [3.05, 3.63) is 12.2 Å². The van der Waals surface area contributed by atoms with Gasteiger partial charge in [-0.2, -0.15) is 0 Å². The van der Waals surface area contributed by atoms with Crippen LogP contribution in [-0.2, 0) is 0 Å². The lowest BCUT2D eigenvalue weighted by Gasteiger charge is -2.40. The van der Waals surface area contributed by atoms with Crippen LogP contribution in [0.25, 0.3) is 0 Å². The van der Waals surface area contributed by atoms with E-state index in [2.05, 4.69) is 67.0 Å². The molecule has 0 bridgehead atoms. The summed E-state index contributed by atoms with van der Waals surface area (Å²) >= 11 is 0. The van der Waals surface area contributed by atoms with E-state index in [1.165, 1.54) is 5.57 Å². The van der Waals surface area contributed by atoms with Gasteiger partial charge in [0, 0.05) is 12.1 Å². The van der Waals surface area contributed by atoms with Crippen LogP contribution in [0.15, 0.2) is 12.2 Å². The van der Waals surface area contributed by atoms with Gasteiger partial charge in [-0.15, -0.1) is 0 Å². The van der Waals surface area contributed by atoms with E-state index in [9.17, 15) is 0 Å². The number of hydrogen-bond donors (Lipinski definition) is 0. The molecule has 1 nitrogen and oxygen atoms in total. The Morgan fingerprint density at radius 2 is 1.38 bits per heavy atom. The summed E-state index contributed by atoms with van der Waals surface area (Å²) < 4.78 is 0. The molecule has 0 aromatic carbocycles. The first-order valence-corrected chi connectivity index (χ1v) is 6.60. The zero-order chi connectivity index (χ0) is 13.0. The van der Waals surface area contributed by atoms with Crippen molar-refractivity contribution in [3.8, 4) is 0 Å². The van der Waals surface area contributed by atoms with Gasteiger partial charge in [-0.05, 0) is 38.6 Å². The minimum atomic E-state index is 0.562. The van der Waals surface area contributed by atoms with Crippen molar-refractivity contribution in [3.63, 3.8) is 0 Å². The zero-order valence-corrected chi connectivity index (χ0v) is 12.5. The van der Waals surface area contributed by atoms with Crippen molar-refractivity contribution in [2.24, 2.45) is 17.8 Å². The fourth-order valence-electron chi connectivity index (χ4n) is 2.49. The van der Waals surface area contributed by atoms with Crippen LogP contribution >= 0.6 is 0 Å². The summed E-state index contributed by atoms with van der Waals surface area (Å²) in [5.41, 5.74) is 1.38. The maximum Gasteiger partial charge on any atom is 0.0181 e. The molecule has 0 aliphatic rings. The largest absolute Gasteiger partial charge is 0.300 e. The number of hydrogen-bond acceptors (Lipinski definition) is 1. The molecule has 0 fully saturated rings. The van der Waals surface area contributed by atoms with E-state index >= 15 is 0 Å². The van der Waals surface area contributed by atoms with Gasteiger partial charge in [0.05, 0.1) is 0 Å². The van der Waals surface area contributed by atoms with Gasteiger partial charge in [-0.3, -0.25) is 0 Å². The molecule has 2 unspecified atom stereocenters. The Balaban J connectivity index is 4.85. The Kier molecular flexibility index (Phi) is 6.32. The fourth-order valence-corrected chi connectivity index (χ4v) is 2.49.